The number of ether oxygens (including phenoxy) is 2. The van der Waals surface area contributed by atoms with Gasteiger partial charge in [-0.3, -0.25) is 9.59 Å². The van der Waals surface area contributed by atoms with Crippen molar-refractivity contribution in [1.82, 2.24) is 10.6 Å². The van der Waals surface area contributed by atoms with Crippen LogP contribution in [0.4, 0.5) is 0 Å². The van der Waals surface area contributed by atoms with E-state index in [1.807, 2.05) is 24.3 Å². The average Bonchev–Trinajstić information content (AvgIpc) is 2.86. The van der Waals surface area contributed by atoms with E-state index in [0.717, 1.165) is 53.0 Å². The van der Waals surface area contributed by atoms with E-state index >= 15 is 0 Å². The van der Waals surface area contributed by atoms with Gasteiger partial charge in [0.15, 0.2) is 0 Å². The monoisotopic (exact) mass is 522 g/mol. The van der Waals surface area contributed by atoms with Crippen molar-refractivity contribution in [3.8, 4) is 11.5 Å². The molecule has 0 spiro atoms. The van der Waals surface area contributed by atoms with Crippen molar-refractivity contribution in [1.29, 1.82) is 0 Å². The molecule has 6 nitrogen and oxygen atoms in total. The van der Waals surface area contributed by atoms with Crippen LogP contribution in [0, 0.1) is 0 Å². The first-order chi connectivity index (χ1) is 17.8. The molecule has 0 bridgehead atoms. The van der Waals surface area contributed by atoms with Crippen LogP contribution in [-0.2, 0) is 33.4 Å². The molecule has 2 amide bonds. The maximum absolute atomic E-state index is 13.5. The number of methoxy groups -OCH3 is 2. The summed E-state index contributed by atoms with van der Waals surface area (Å²) in [5.74, 6) is 1.42. The number of amides is 2. The molecule has 1 saturated carbocycles. The number of rotatable bonds is 8. The van der Waals surface area contributed by atoms with E-state index in [1.54, 1.807) is 14.2 Å². The van der Waals surface area contributed by atoms with Crippen LogP contribution < -0.4 is 20.1 Å². The Morgan fingerprint density at radius 3 is 1.84 bits per heavy atom. The Balaban J connectivity index is 1.82. The second-order valence-electron chi connectivity index (χ2n) is 12.6. The highest BCUT2D eigenvalue weighted by atomic mass is 16.5. The van der Waals surface area contributed by atoms with Gasteiger partial charge >= 0.3 is 0 Å². The molecular weight excluding hydrogens is 476 g/mol. The molecule has 0 saturated heterocycles. The van der Waals surface area contributed by atoms with Crippen LogP contribution in [0.3, 0.4) is 0 Å². The van der Waals surface area contributed by atoms with E-state index in [4.69, 9.17) is 9.47 Å². The van der Waals surface area contributed by atoms with Gasteiger partial charge in [-0.2, -0.15) is 0 Å². The van der Waals surface area contributed by atoms with Gasteiger partial charge in [0, 0.05) is 17.7 Å². The lowest BCUT2D eigenvalue weighted by Gasteiger charge is -2.37. The van der Waals surface area contributed by atoms with Gasteiger partial charge in [0.2, 0.25) is 11.8 Å². The van der Waals surface area contributed by atoms with Gasteiger partial charge in [0.25, 0.3) is 0 Å². The molecule has 1 aliphatic carbocycles. The van der Waals surface area contributed by atoms with Gasteiger partial charge in [-0.25, -0.2) is 0 Å². The summed E-state index contributed by atoms with van der Waals surface area (Å²) < 4.78 is 11.1. The van der Waals surface area contributed by atoms with Gasteiger partial charge in [-0.05, 0) is 46.9 Å². The van der Waals surface area contributed by atoms with Crippen molar-refractivity contribution in [2.75, 3.05) is 14.2 Å². The number of benzene rings is 2. The molecular formula is C32H46N2O4. The van der Waals surface area contributed by atoms with Crippen molar-refractivity contribution in [3.63, 3.8) is 0 Å². The van der Waals surface area contributed by atoms with Gasteiger partial charge in [0.05, 0.1) is 20.6 Å². The number of hydrogen-bond acceptors (Lipinski definition) is 4. The summed E-state index contributed by atoms with van der Waals surface area (Å²) in [5, 5.41) is 6.26. The highest BCUT2D eigenvalue weighted by Crippen LogP contribution is 2.40. The first-order valence-electron chi connectivity index (χ1n) is 13.7. The highest BCUT2D eigenvalue weighted by molar-refractivity contribution is 5.92. The third-order valence-corrected chi connectivity index (χ3v) is 7.47. The molecule has 2 aromatic rings. The second-order valence-corrected chi connectivity index (χ2v) is 12.6. The first kappa shape index (κ1) is 29.5. The van der Waals surface area contributed by atoms with E-state index in [-0.39, 0.29) is 29.1 Å². The number of nitrogens with one attached hydrogen (secondary N) is 2. The van der Waals surface area contributed by atoms with Crippen LogP contribution in [0.15, 0.2) is 36.4 Å². The predicted octanol–water partition coefficient (Wildman–Crippen LogP) is 5.98. The molecule has 38 heavy (non-hydrogen) atoms. The summed E-state index contributed by atoms with van der Waals surface area (Å²) in [6, 6.07) is 11.8. The summed E-state index contributed by atoms with van der Waals surface area (Å²) in [7, 11) is 3.34. The molecule has 0 heterocycles. The maximum Gasteiger partial charge on any atom is 0.246 e. The minimum absolute atomic E-state index is 0.109. The molecule has 2 aromatic carbocycles. The lowest BCUT2D eigenvalue weighted by atomic mass is 9.78. The zero-order valence-electron chi connectivity index (χ0n) is 24.5. The molecule has 6 heteroatoms. The Kier molecular flexibility index (Phi) is 9.17. The molecule has 0 atom stereocenters. The molecule has 3 rings (SSSR count). The Hall–Kier alpha value is -3.02. The quantitative estimate of drug-likeness (QED) is 0.447. The van der Waals surface area contributed by atoms with Gasteiger partial charge in [-0.1, -0.05) is 85.1 Å². The Morgan fingerprint density at radius 1 is 0.816 bits per heavy atom. The molecule has 0 aliphatic heterocycles. The van der Waals surface area contributed by atoms with Gasteiger partial charge < -0.3 is 20.1 Å². The Morgan fingerprint density at radius 2 is 1.37 bits per heavy atom. The Bertz CT molecular complexity index is 1080. The third-order valence-electron chi connectivity index (χ3n) is 7.47. The minimum atomic E-state index is -0.881. The number of hydrogen-bond donors (Lipinski definition) is 2. The van der Waals surface area contributed by atoms with Crippen molar-refractivity contribution >= 4 is 11.8 Å². The van der Waals surface area contributed by atoms with Crippen LogP contribution >= 0.6 is 0 Å². The lowest BCUT2D eigenvalue weighted by Crippen LogP contribution is -2.59. The minimum Gasteiger partial charge on any atom is -0.497 e. The fraction of sp³-hybridized carbons (Fsp3) is 0.562. The molecule has 0 unspecified atom stereocenters. The normalized spacial score (nSPS) is 15.5. The molecule has 0 aromatic heterocycles. The van der Waals surface area contributed by atoms with E-state index in [2.05, 4.69) is 64.3 Å². The molecule has 1 aliphatic rings. The lowest BCUT2D eigenvalue weighted by molar-refractivity contribution is -0.135. The summed E-state index contributed by atoms with van der Waals surface area (Å²) >= 11 is 0. The predicted molar refractivity (Wildman–Crippen MR) is 153 cm³/mol. The maximum atomic E-state index is 13.5. The van der Waals surface area contributed by atoms with E-state index in [0.29, 0.717) is 19.4 Å². The van der Waals surface area contributed by atoms with Crippen molar-refractivity contribution < 1.29 is 19.1 Å². The standard InChI is InChI=1S/C32H46N2O4/c1-30(2,3)25-18-23(19-26(28(25)38-8)31(4,5)6)20-27(35)34-32(16-10-9-11-17-32)29(36)33-21-22-12-14-24(37-7)15-13-22/h12-15,18-19H,9-11,16-17,20-21H2,1-8H3,(H,33,36)(H,34,35). The van der Waals surface area contributed by atoms with Gasteiger partial charge in [-0.15, -0.1) is 0 Å². The molecule has 208 valence electrons. The van der Waals surface area contributed by atoms with E-state index in [9.17, 15) is 9.59 Å². The first-order valence-corrected chi connectivity index (χ1v) is 13.7. The molecule has 2 N–H and O–H groups in total. The molecule has 1 fully saturated rings. The molecule has 0 radical (unpaired) electrons. The second kappa shape index (κ2) is 11.8. The largest absolute Gasteiger partial charge is 0.497 e. The highest BCUT2D eigenvalue weighted by Gasteiger charge is 2.40. The summed E-state index contributed by atoms with van der Waals surface area (Å²) in [6.45, 7) is 13.4. The summed E-state index contributed by atoms with van der Waals surface area (Å²) in [6.07, 6.45) is 4.42. The van der Waals surface area contributed by atoms with Crippen LogP contribution in [0.5, 0.6) is 11.5 Å². The van der Waals surface area contributed by atoms with Crippen molar-refractivity contribution in [2.24, 2.45) is 0 Å². The zero-order valence-corrected chi connectivity index (χ0v) is 24.5. The van der Waals surface area contributed by atoms with Crippen LogP contribution in [-0.4, -0.2) is 31.6 Å². The Labute approximate surface area is 228 Å². The van der Waals surface area contributed by atoms with Crippen LogP contribution in [0.2, 0.25) is 0 Å². The van der Waals surface area contributed by atoms with Gasteiger partial charge in [0.1, 0.15) is 17.0 Å². The van der Waals surface area contributed by atoms with Crippen LogP contribution in [0.1, 0.15) is 95.9 Å². The van der Waals surface area contributed by atoms with E-state index in [1.165, 1.54) is 0 Å². The smallest absolute Gasteiger partial charge is 0.246 e. The van der Waals surface area contributed by atoms with E-state index < -0.39 is 5.54 Å². The SMILES string of the molecule is COc1ccc(CNC(=O)C2(NC(=O)Cc3cc(C(C)(C)C)c(OC)c(C(C)(C)C)c3)CCCCC2)cc1. The van der Waals surface area contributed by atoms with Crippen LogP contribution in [0.25, 0.3) is 0 Å². The third kappa shape index (κ3) is 7.09. The van der Waals surface area contributed by atoms with Crippen molar-refractivity contribution in [2.45, 2.75) is 103 Å². The number of carbonyl (C=O) groups is 2. The zero-order chi connectivity index (χ0) is 28.1. The van der Waals surface area contributed by atoms with Crippen molar-refractivity contribution in [3.05, 3.63) is 58.7 Å². The fourth-order valence-electron chi connectivity index (χ4n) is 5.28. The average molecular weight is 523 g/mol. The topological polar surface area (TPSA) is 76.7 Å². The fourth-order valence-corrected chi connectivity index (χ4v) is 5.28. The summed E-state index contributed by atoms with van der Waals surface area (Å²) in [5.41, 5.74) is 2.91. The number of carbonyl (C=O) groups excluding carboxylic acids is 2. The summed E-state index contributed by atoms with van der Waals surface area (Å²) in [4.78, 5) is 27.0.